The number of halogens is 4. The largest absolute Gasteiger partial charge is 0.449 e. The minimum atomic E-state index is -3.22. The van der Waals surface area contributed by atoms with Gasteiger partial charge in [-0.2, -0.15) is 17.6 Å². The number of amides is 1. The number of benzene rings is 1. The van der Waals surface area contributed by atoms with Crippen LogP contribution in [0.2, 0.25) is 0 Å². The van der Waals surface area contributed by atoms with Crippen molar-refractivity contribution in [2.75, 3.05) is 0 Å². The molecule has 6 nitrogen and oxygen atoms in total. The Labute approximate surface area is 133 Å². The van der Waals surface area contributed by atoms with Gasteiger partial charge in [0.1, 0.15) is 11.5 Å². The van der Waals surface area contributed by atoms with Crippen LogP contribution in [-0.2, 0) is 14.3 Å². The Bertz CT molecular complexity index is 621. The highest BCUT2D eigenvalue weighted by Gasteiger charge is 2.14. The molecule has 0 saturated carbocycles. The summed E-state index contributed by atoms with van der Waals surface area (Å²) in [5.74, 6) is -2.72. The Hall–Kier alpha value is -2.78. The van der Waals surface area contributed by atoms with Crippen LogP contribution in [0, 0.1) is 0 Å². The van der Waals surface area contributed by atoms with Crippen LogP contribution in [0.25, 0.3) is 6.08 Å². The van der Waals surface area contributed by atoms with Crippen molar-refractivity contribution in [2.24, 2.45) is 5.73 Å². The van der Waals surface area contributed by atoms with Gasteiger partial charge in [-0.1, -0.05) is 0 Å². The van der Waals surface area contributed by atoms with Crippen molar-refractivity contribution in [3.05, 3.63) is 29.8 Å². The van der Waals surface area contributed by atoms with Gasteiger partial charge in [-0.05, 0) is 25.1 Å². The van der Waals surface area contributed by atoms with Crippen LogP contribution in [0.5, 0.6) is 11.5 Å². The first kappa shape index (κ1) is 19.3. The van der Waals surface area contributed by atoms with Gasteiger partial charge in [0, 0.05) is 17.7 Å². The molecule has 2 N–H and O–H groups in total. The van der Waals surface area contributed by atoms with E-state index in [1.165, 1.54) is 6.92 Å². The van der Waals surface area contributed by atoms with Gasteiger partial charge in [0.05, 0.1) is 0 Å². The number of alkyl halides is 4. The summed E-state index contributed by atoms with van der Waals surface area (Å²) in [5, 5.41) is 0. The van der Waals surface area contributed by atoms with Crippen molar-refractivity contribution in [3.63, 3.8) is 0 Å². The van der Waals surface area contributed by atoms with Crippen molar-refractivity contribution < 1.29 is 41.4 Å². The molecule has 0 fully saturated rings. The number of ether oxygens (including phenoxy) is 3. The van der Waals surface area contributed by atoms with E-state index in [-0.39, 0.29) is 5.56 Å². The monoisotopic (exact) mass is 351 g/mol. The Kier molecular flexibility index (Phi) is 7.02. The van der Waals surface area contributed by atoms with Gasteiger partial charge in [-0.25, -0.2) is 4.79 Å². The predicted molar refractivity (Wildman–Crippen MR) is 73.5 cm³/mol. The quantitative estimate of drug-likeness (QED) is 0.441. The Morgan fingerprint density at radius 1 is 1.12 bits per heavy atom. The number of primary amides is 1. The average molecular weight is 351 g/mol. The van der Waals surface area contributed by atoms with Crippen LogP contribution in [-0.4, -0.2) is 31.2 Å². The van der Waals surface area contributed by atoms with Crippen LogP contribution >= 0.6 is 0 Å². The number of carbonyl (C=O) groups excluding carboxylic acids is 2. The second-order valence-corrected chi connectivity index (χ2v) is 4.27. The topological polar surface area (TPSA) is 87.8 Å². The molecule has 1 aromatic carbocycles. The highest BCUT2D eigenvalue weighted by atomic mass is 19.3. The fraction of sp³-hybridized carbons (Fsp3) is 0.286. The Morgan fingerprint density at radius 3 is 2.29 bits per heavy atom. The van der Waals surface area contributed by atoms with E-state index >= 15 is 0 Å². The molecule has 0 unspecified atom stereocenters. The van der Waals surface area contributed by atoms with E-state index in [1.54, 1.807) is 0 Å². The summed E-state index contributed by atoms with van der Waals surface area (Å²) in [5.41, 5.74) is 4.88. The molecule has 1 aromatic rings. The van der Waals surface area contributed by atoms with Crippen LogP contribution < -0.4 is 15.2 Å². The first-order valence-corrected chi connectivity index (χ1v) is 6.40. The lowest BCUT2D eigenvalue weighted by atomic mass is 10.1. The van der Waals surface area contributed by atoms with Gasteiger partial charge in [0.25, 0.3) is 5.91 Å². The summed E-state index contributed by atoms with van der Waals surface area (Å²) in [6.07, 6.45) is 0.696. The summed E-state index contributed by atoms with van der Waals surface area (Å²) in [6, 6.07) is 3.01. The zero-order valence-corrected chi connectivity index (χ0v) is 12.2. The summed E-state index contributed by atoms with van der Waals surface area (Å²) in [6.45, 7) is -5.12. The third-order valence-corrected chi connectivity index (χ3v) is 2.52. The average Bonchev–Trinajstić information content (AvgIpc) is 2.45. The van der Waals surface area contributed by atoms with E-state index in [0.717, 1.165) is 30.4 Å². The molecule has 0 radical (unpaired) electrons. The molecule has 1 amide bonds. The van der Waals surface area contributed by atoms with Gasteiger partial charge >= 0.3 is 19.2 Å². The smallest absolute Gasteiger partial charge is 0.387 e. The lowest BCUT2D eigenvalue weighted by Gasteiger charge is -2.11. The molecule has 0 aliphatic rings. The number of carbonyl (C=O) groups is 2. The molecular formula is C14H13F4NO5. The fourth-order valence-corrected chi connectivity index (χ4v) is 1.46. The minimum Gasteiger partial charge on any atom is -0.449 e. The van der Waals surface area contributed by atoms with Crippen molar-refractivity contribution in [3.8, 4) is 11.5 Å². The molecule has 0 saturated heterocycles. The number of esters is 1. The molecule has 0 heterocycles. The van der Waals surface area contributed by atoms with E-state index < -0.39 is 42.7 Å². The van der Waals surface area contributed by atoms with Gasteiger partial charge in [0.2, 0.25) is 0 Å². The van der Waals surface area contributed by atoms with Gasteiger partial charge in [0.15, 0.2) is 6.10 Å². The van der Waals surface area contributed by atoms with Gasteiger partial charge in [-0.3, -0.25) is 4.79 Å². The van der Waals surface area contributed by atoms with E-state index in [1.807, 2.05) is 0 Å². The van der Waals surface area contributed by atoms with Crippen LogP contribution in [0.3, 0.4) is 0 Å². The normalized spacial score (nSPS) is 12.5. The van der Waals surface area contributed by atoms with Crippen LogP contribution in [0.1, 0.15) is 12.5 Å². The van der Waals surface area contributed by atoms with Crippen LogP contribution in [0.4, 0.5) is 17.6 Å². The van der Waals surface area contributed by atoms with Gasteiger partial charge in [-0.15, -0.1) is 0 Å². The fourth-order valence-electron chi connectivity index (χ4n) is 1.46. The molecule has 10 heteroatoms. The zero-order valence-electron chi connectivity index (χ0n) is 12.2. The number of hydrogen-bond acceptors (Lipinski definition) is 5. The van der Waals surface area contributed by atoms with Crippen molar-refractivity contribution in [1.29, 1.82) is 0 Å². The third kappa shape index (κ3) is 6.55. The second-order valence-electron chi connectivity index (χ2n) is 4.27. The van der Waals surface area contributed by atoms with E-state index in [0.29, 0.717) is 0 Å². The van der Waals surface area contributed by atoms with Crippen molar-refractivity contribution >= 4 is 18.0 Å². The molecule has 0 aromatic heterocycles. The van der Waals surface area contributed by atoms with E-state index in [2.05, 4.69) is 14.2 Å². The maximum Gasteiger partial charge on any atom is 0.387 e. The molecule has 1 rings (SSSR count). The summed E-state index contributed by atoms with van der Waals surface area (Å²) in [7, 11) is 0. The summed E-state index contributed by atoms with van der Waals surface area (Å²) in [4.78, 5) is 22.2. The van der Waals surface area contributed by atoms with E-state index in [4.69, 9.17) is 5.73 Å². The first-order chi connectivity index (χ1) is 11.2. The number of nitrogens with two attached hydrogens (primary N) is 1. The maximum atomic E-state index is 12.4. The molecule has 0 bridgehead atoms. The van der Waals surface area contributed by atoms with Gasteiger partial charge < -0.3 is 19.9 Å². The van der Waals surface area contributed by atoms with Crippen molar-refractivity contribution in [2.45, 2.75) is 26.3 Å². The Balaban J connectivity index is 2.94. The highest BCUT2D eigenvalue weighted by Crippen LogP contribution is 2.28. The molecular weight excluding hydrogens is 338 g/mol. The van der Waals surface area contributed by atoms with Crippen molar-refractivity contribution in [1.82, 2.24) is 0 Å². The number of rotatable bonds is 8. The maximum absolute atomic E-state index is 12.4. The van der Waals surface area contributed by atoms with Crippen LogP contribution in [0.15, 0.2) is 24.3 Å². The highest BCUT2D eigenvalue weighted by molar-refractivity contribution is 5.90. The molecule has 0 aliphatic carbocycles. The van der Waals surface area contributed by atoms with E-state index in [9.17, 15) is 27.2 Å². The lowest BCUT2D eigenvalue weighted by molar-refractivity contribution is -0.148. The standard InChI is InChI=1S/C14H13F4NO5/c1-7(12(19)21)22-11(20)5-3-8-2-4-9(23-13(15)16)6-10(8)24-14(17)18/h2-7,13-14H,1H3,(H2,19,21)/b5-3+/t7-/m1/s1. The SMILES string of the molecule is C[C@@H](OC(=O)/C=C/c1ccc(OC(F)F)cc1OC(F)F)C(N)=O. The molecule has 0 aliphatic heterocycles. The molecule has 1 atom stereocenters. The Morgan fingerprint density at radius 2 is 1.75 bits per heavy atom. The first-order valence-electron chi connectivity index (χ1n) is 6.40. The second kappa shape index (κ2) is 8.75. The minimum absolute atomic E-state index is 0.0272. The molecule has 132 valence electrons. The lowest BCUT2D eigenvalue weighted by Crippen LogP contribution is -2.29. The summed E-state index contributed by atoms with van der Waals surface area (Å²) >= 11 is 0. The third-order valence-electron chi connectivity index (χ3n) is 2.52. The predicted octanol–water partition coefficient (Wildman–Crippen LogP) is 2.32. The summed E-state index contributed by atoms with van der Waals surface area (Å²) < 4.78 is 61.9. The zero-order chi connectivity index (χ0) is 18.3. The molecule has 24 heavy (non-hydrogen) atoms. The number of hydrogen-bond donors (Lipinski definition) is 1. The molecule has 0 spiro atoms.